The van der Waals surface area contributed by atoms with Crippen LogP contribution in [-0.4, -0.2) is 9.97 Å². The lowest BCUT2D eigenvalue weighted by molar-refractivity contribution is 1.21. The van der Waals surface area contributed by atoms with Gasteiger partial charge >= 0.3 is 0 Å². The fourth-order valence-corrected chi connectivity index (χ4v) is 1.27. The molecule has 0 aliphatic carbocycles. The average Bonchev–Trinajstić information content (AvgIpc) is 2.30. The van der Waals surface area contributed by atoms with E-state index in [-0.39, 0.29) is 0 Å². The highest BCUT2D eigenvalue weighted by atomic mass is 35.5. The summed E-state index contributed by atoms with van der Waals surface area (Å²) in [7, 11) is 0. The molecule has 2 aromatic rings. The second-order valence-electron chi connectivity index (χ2n) is 2.91. The average molecular weight is 216 g/mol. The third kappa shape index (κ3) is 2.12. The molecule has 3 nitrogen and oxygen atoms in total. The lowest BCUT2D eigenvalue weighted by Gasteiger charge is -1.99. The number of hydrogen-bond donors (Lipinski definition) is 0. The van der Waals surface area contributed by atoms with Crippen LogP contribution in [0.5, 0.6) is 0 Å². The predicted molar refractivity (Wildman–Crippen MR) is 57.2 cm³/mol. The smallest absolute Gasteiger partial charge is 0.147 e. The zero-order valence-corrected chi connectivity index (χ0v) is 8.44. The van der Waals surface area contributed by atoms with Crippen LogP contribution in [0.25, 0.3) is 11.3 Å². The van der Waals surface area contributed by atoms with Gasteiger partial charge in [0.05, 0.1) is 29.7 Å². The number of nitriles is 1. The van der Waals surface area contributed by atoms with Gasteiger partial charge in [-0.25, -0.2) is 4.98 Å². The summed E-state index contributed by atoms with van der Waals surface area (Å²) >= 11 is 5.63. The molecule has 0 aliphatic rings. The van der Waals surface area contributed by atoms with Gasteiger partial charge in [0.2, 0.25) is 0 Å². The third-order valence-corrected chi connectivity index (χ3v) is 2.13. The normalized spacial score (nSPS) is 9.60. The number of rotatable bonds is 1. The number of nitrogens with zero attached hydrogens (tertiary/aromatic N) is 3. The first-order valence-electron chi connectivity index (χ1n) is 4.27. The first-order valence-corrected chi connectivity index (χ1v) is 4.65. The van der Waals surface area contributed by atoms with E-state index in [1.807, 2.05) is 12.1 Å². The van der Waals surface area contributed by atoms with E-state index in [0.717, 1.165) is 11.3 Å². The molecule has 0 amide bonds. The Morgan fingerprint density at radius 3 is 2.33 bits per heavy atom. The monoisotopic (exact) mass is 215 g/mol. The van der Waals surface area contributed by atoms with Gasteiger partial charge in [-0.1, -0.05) is 23.7 Å². The molecule has 0 aliphatic heterocycles. The van der Waals surface area contributed by atoms with Gasteiger partial charge in [-0.2, -0.15) is 5.26 Å². The summed E-state index contributed by atoms with van der Waals surface area (Å²) in [5.74, 6) is 0. The third-order valence-electron chi connectivity index (χ3n) is 1.93. The van der Waals surface area contributed by atoms with Crippen molar-refractivity contribution in [1.29, 1.82) is 5.26 Å². The molecule has 0 unspecified atom stereocenters. The van der Waals surface area contributed by atoms with Crippen molar-refractivity contribution in [2.45, 2.75) is 0 Å². The van der Waals surface area contributed by atoms with Crippen molar-refractivity contribution in [3.05, 3.63) is 47.4 Å². The van der Waals surface area contributed by atoms with Crippen molar-refractivity contribution in [2.75, 3.05) is 0 Å². The SMILES string of the molecule is N#Cc1ccc(-c2cnc(Cl)cn2)cc1. The van der Waals surface area contributed by atoms with Gasteiger partial charge in [-0.05, 0) is 12.1 Å². The molecular weight excluding hydrogens is 210 g/mol. The molecule has 0 bridgehead atoms. The van der Waals surface area contributed by atoms with Crippen LogP contribution in [-0.2, 0) is 0 Å². The fourth-order valence-electron chi connectivity index (χ4n) is 1.18. The Hall–Kier alpha value is -1.92. The second-order valence-corrected chi connectivity index (χ2v) is 3.30. The molecule has 4 heteroatoms. The van der Waals surface area contributed by atoms with E-state index in [9.17, 15) is 0 Å². The topological polar surface area (TPSA) is 49.6 Å². The first-order chi connectivity index (χ1) is 7.29. The molecule has 72 valence electrons. The Morgan fingerprint density at radius 1 is 1.07 bits per heavy atom. The lowest BCUT2D eigenvalue weighted by atomic mass is 10.1. The van der Waals surface area contributed by atoms with Crippen molar-refractivity contribution in [2.24, 2.45) is 0 Å². The van der Waals surface area contributed by atoms with Crippen LogP contribution in [0.1, 0.15) is 5.56 Å². The van der Waals surface area contributed by atoms with E-state index in [1.54, 1.807) is 18.3 Å². The van der Waals surface area contributed by atoms with E-state index in [4.69, 9.17) is 16.9 Å². The summed E-state index contributed by atoms with van der Waals surface area (Å²) in [4.78, 5) is 8.06. The Bertz CT molecular complexity index is 497. The van der Waals surface area contributed by atoms with Gasteiger partial charge < -0.3 is 0 Å². The van der Waals surface area contributed by atoms with E-state index in [0.29, 0.717) is 10.7 Å². The Kier molecular flexibility index (Phi) is 2.61. The minimum atomic E-state index is 0.368. The zero-order valence-electron chi connectivity index (χ0n) is 7.68. The molecule has 0 N–H and O–H groups in total. The van der Waals surface area contributed by atoms with Crippen molar-refractivity contribution in [3.8, 4) is 17.3 Å². The number of benzene rings is 1. The summed E-state index contributed by atoms with van der Waals surface area (Å²) < 4.78 is 0. The summed E-state index contributed by atoms with van der Waals surface area (Å²) in [5.41, 5.74) is 2.28. The molecule has 0 saturated carbocycles. The minimum Gasteiger partial charge on any atom is -0.251 e. The van der Waals surface area contributed by atoms with Crippen LogP contribution in [0.3, 0.4) is 0 Å². The Morgan fingerprint density at radius 2 is 1.80 bits per heavy atom. The highest BCUT2D eigenvalue weighted by molar-refractivity contribution is 6.29. The number of hydrogen-bond acceptors (Lipinski definition) is 3. The van der Waals surface area contributed by atoms with E-state index in [2.05, 4.69) is 16.0 Å². The van der Waals surface area contributed by atoms with Gasteiger partial charge in [-0.15, -0.1) is 0 Å². The zero-order chi connectivity index (χ0) is 10.7. The van der Waals surface area contributed by atoms with E-state index >= 15 is 0 Å². The van der Waals surface area contributed by atoms with Crippen molar-refractivity contribution >= 4 is 11.6 Å². The highest BCUT2D eigenvalue weighted by Crippen LogP contribution is 2.17. The van der Waals surface area contributed by atoms with Crippen molar-refractivity contribution < 1.29 is 0 Å². The maximum absolute atomic E-state index is 8.64. The standard InChI is InChI=1S/C11H6ClN3/c12-11-7-14-10(6-15-11)9-3-1-8(5-13)2-4-9/h1-4,6-7H. The van der Waals surface area contributed by atoms with Crippen LogP contribution in [0.15, 0.2) is 36.7 Å². The summed E-state index contributed by atoms with van der Waals surface area (Å²) in [6, 6.07) is 9.20. The minimum absolute atomic E-state index is 0.368. The molecule has 0 fully saturated rings. The number of halogens is 1. The van der Waals surface area contributed by atoms with Crippen LogP contribution in [0, 0.1) is 11.3 Å². The first kappa shape index (κ1) is 9.63. The summed E-state index contributed by atoms with van der Waals surface area (Å²) in [6.07, 6.45) is 3.10. The summed E-state index contributed by atoms with van der Waals surface area (Å²) in [6.45, 7) is 0. The molecule has 0 saturated heterocycles. The molecule has 1 heterocycles. The van der Waals surface area contributed by atoms with Crippen molar-refractivity contribution in [3.63, 3.8) is 0 Å². The molecule has 0 atom stereocenters. The maximum Gasteiger partial charge on any atom is 0.147 e. The van der Waals surface area contributed by atoms with Crippen LogP contribution >= 0.6 is 11.6 Å². The van der Waals surface area contributed by atoms with Crippen LogP contribution in [0.4, 0.5) is 0 Å². The quantitative estimate of drug-likeness (QED) is 0.735. The van der Waals surface area contributed by atoms with Crippen LogP contribution in [0.2, 0.25) is 5.15 Å². The van der Waals surface area contributed by atoms with Gasteiger partial charge in [0.1, 0.15) is 5.15 Å². The summed E-state index contributed by atoms with van der Waals surface area (Å²) in [5, 5.41) is 9.01. The van der Waals surface area contributed by atoms with Gasteiger partial charge in [0.15, 0.2) is 0 Å². The molecule has 2 rings (SSSR count). The fraction of sp³-hybridized carbons (Fsp3) is 0. The molecular formula is C11H6ClN3. The largest absolute Gasteiger partial charge is 0.251 e. The van der Waals surface area contributed by atoms with Gasteiger partial charge in [-0.3, -0.25) is 4.98 Å². The Labute approximate surface area is 92.0 Å². The van der Waals surface area contributed by atoms with E-state index in [1.165, 1.54) is 6.20 Å². The second kappa shape index (κ2) is 4.07. The maximum atomic E-state index is 8.64. The van der Waals surface area contributed by atoms with Gasteiger partial charge in [0, 0.05) is 5.56 Å². The number of aromatic nitrogens is 2. The van der Waals surface area contributed by atoms with E-state index < -0.39 is 0 Å². The highest BCUT2D eigenvalue weighted by Gasteiger charge is 1.99. The van der Waals surface area contributed by atoms with Crippen LogP contribution < -0.4 is 0 Å². The van der Waals surface area contributed by atoms with Crippen molar-refractivity contribution in [1.82, 2.24) is 9.97 Å². The van der Waals surface area contributed by atoms with Gasteiger partial charge in [0.25, 0.3) is 0 Å². The molecule has 1 aromatic heterocycles. The molecule has 15 heavy (non-hydrogen) atoms. The molecule has 1 aromatic carbocycles. The molecule has 0 spiro atoms. The lowest BCUT2D eigenvalue weighted by Crippen LogP contribution is -1.85. The molecule has 0 radical (unpaired) electrons. The predicted octanol–water partition coefficient (Wildman–Crippen LogP) is 2.67. The Balaban J connectivity index is 2.38.